The van der Waals surface area contributed by atoms with E-state index in [1.54, 1.807) is 0 Å². The van der Waals surface area contributed by atoms with Gasteiger partial charge in [-0.15, -0.1) is 0 Å². The van der Waals surface area contributed by atoms with Crippen molar-refractivity contribution < 1.29 is 9.90 Å². The number of amides is 1. The Morgan fingerprint density at radius 1 is 1.64 bits per heavy atom. The fourth-order valence-electron chi connectivity index (χ4n) is 0.984. The van der Waals surface area contributed by atoms with Crippen molar-refractivity contribution in [3.8, 4) is 0 Å². The van der Waals surface area contributed by atoms with Gasteiger partial charge in [-0.1, -0.05) is 28.1 Å². The van der Waals surface area contributed by atoms with Gasteiger partial charge < -0.3 is 10.4 Å². The van der Waals surface area contributed by atoms with Gasteiger partial charge in [0.25, 0.3) is 0 Å². The predicted octanol–water partition coefficient (Wildman–Crippen LogP) is 1.45. The number of hydrogen-bond acceptors (Lipinski definition) is 2. The van der Waals surface area contributed by atoms with E-state index in [1.807, 2.05) is 24.3 Å². The third kappa shape index (κ3) is 3.47. The van der Waals surface area contributed by atoms with Gasteiger partial charge in [-0.2, -0.15) is 0 Å². The lowest BCUT2D eigenvalue weighted by Gasteiger charge is -2.07. The Labute approximate surface area is 91.3 Å². The number of carbonyl (C=O) groups is 1. The van der Waals surface area contributed by atoms with Crippen LogP contribution in [0.5, 0.6) is 0 Å². The highest BCUT2D eigenvalue weighted by molar-refractivity contribution is 9.10. The van der Waals surface area contributed by atoms with Crippen LogP contribution in [0.15, 0.2) is 28.7 Å². The minimum atomic E-state index is -0.956. The molecule has 0 saturated carbocycles. The molecule has 2 N–H and O–H groups in total. The van der Waals surface area contributed by atoms with Gasteiger partial charge in [0, 0.05) is 11.0 Å². The van der Waals surface area contributed by atoms with E-state index in [9.17, 15) is 4.79 Å². The molecule has 76 valence electrons. The Balaban J connectivity index is 2.50. The van der Waals surface area contributed by atoms with Crippen LogP contribution in [0.3, 0.4) is 0 Å². The van der Waals surface area contributed by atoms with Crippen LogP contribution < -0.4 is 5.32 Å². The van der Waals surface area contributed by atoms with Crippen molar-refractivity contribution in [1.29, 1.82) is 0 Å². The lowest BCUT2D eigenvalue weighted by Crippen LogP contribution is -2.31. The Hall–Kier alpha value is -0.870. The van der Waals surface area contributed by atoms with Crippen LogP contribution in [-0.2, 0) is 11.3 Å². The molecule has 0 fully saturated rings. The first-order chi connectivity index (χ1) is 6.59. The summed E-state index contributed by atoms with van der Waals surface area (Å²) in [6.07, 6.45) is -0.956. The van der Waals surface area contributed by atoms with E-state index in [2.05, 4.69) is 21.2 Å². The first-order valence-electron chi connectivity index (χ1n) is 4.30. The summed E-state index contributed by atoms with van der Waals surface area (Å²) in [5.74, 6) is -0.357. The van der Waals surface area contributed by atoms with Crippen LogP contribution in [0, 0.1) is 0 Å². The molecule has 0 spiro atoms. The van der Waals surface area contributed by atoms with Crippen LogP contribution >= 0.6 is 15.9 Å². The van der Waals surface area contributed by atoms with E-state index in [0.29, 0.717) is 6.54 Å². The molecule has 0 heterocycles. The predicted molar refractivity (Wildman–Crippen MR) is 57.7 cm³/mol. The lowest BCUT2D eigenvalue weighted by atomic mass is 10.2. The average Bonchev–Trinajstić information content (AvgIpc) is 2.14. The minimum absolute atomic E-state index is 0.357. The largest absolute Gasteiger partial charge is 0.384 e. The SMILES string of the molecule is C[C@H](O)C(=O)NCc1cccc(Br)c1. The highest BCUT2D eigenvalue weighted by Gasteiger charge is 2.07. The molecule has 1 aromatic rings. The number of carbonyl (C=O) groups excluding carboxylic acids is 1. The van der Waals surface area contributed by atoms with Crippen molar-refractivity contribution in [2.24, 2.45) is 0 Å². The fraction of sp³-hybridized carbons (Fsp3) is 0.300. The van der Waals surface area contributed by atoms with Crippen molar-refractivity contribution in [3.05, 3.63) is 34.3 Å². The highest BCUT2D eigenvalue weighted by atomic mass is 79.9. The average molecular weight is 258 g/mol. The zero-order valence-corrected chi connectivity index (χ0v) is 9.41. The molecular weight excluding hydrogens is 246 g/mol. The summed E-state index contributed by atoms with van der Waals surface area (Å²) in [6, 6.07) is 7.64. The number of aliphatic hydroxyl groups is 1. The highest BCUT2D eigenvalue weighted by Crippen LogP contribution is 2.11. The number of hydrogen-bond donors (Lipinski definition) is 2. The summed E-state index contributed by atoms with van der Waals surface area (Å²) in [4.78, 5) is 11.0. The van der Waals surface area contributed by atoms with Gasteiger partial charge >= 0.3 is 0 Å². The van der Waals surface area contributed by atoms with E-state index in [4.69, 9.17) is 5.11 Å². The molecule has 0 aliphatic carbocycles. The molecule has 3 nitrogen and oxygen atoms in total. The molecule has 4 heteroatoms. The first kappa shape index (κ1) is 11.2. The number of nitrogens with one attached hydrogen (secondary N) is 1. The summed E-state index contributed by atoms with van der Waals surface area (Å²) >= 11 is 3.34. The van der Waals surface area contributed by atoms with Gasteiger partial charge in [-0.3, -0.25) is 4.79 Å². The van der Waals surface area contributed by atoms with Gasteiger partial charge in [0.15, 0.2) is 0 Å². The standard InChI is InChI=1S/C10H12BrNO2/c1-7(13)10(14)12-6-8-3-2-4-9(11)5-8/h2-5,7,13H,6H2,1H3,(H,12,14)/t7-/m0/s1. The molecule has 0 aliphatic rings. The van der Waals surface area contributed by atoms with Crippen LogP contribution in [0.25, 0.3) is 0 Å². The first-order valence-corrected chi connectivity index (χ1v) is 5.09. The molecule has 0 bridgehead atoms. The van der Waals surface area contributed by atoms with Gasteiger partial charge in [0.1, 0.15) is 6.10 Å². The third-order valence-electron chi connectivity index (χ3n) is 1.74. The Bertz CT molecular complexity index is 326. The van der Waals surface area contributed by atoms with Crippen LogP contribution in [0.2, 0.25) is 0 Å². The molecule has 1 aromatic carbocycles. The molecule has 1 rings (SSSR count). The zero-order chi connectivity index (χ0) is 10.6. The number of halogens is 1. The normalized spacial score (nSPS) is 12.2. The maximum atomic E-state index is 11.0. The van der Waals surface area contributed by atoms with Crippen LogP contribution in [0.1, 0.15) is 12.5 Å². The molecule has 0 radical (unpaired) electrons. The zero-order valence-electron chi connectivity index (χ0n) is 7.83. The van der Waals surface area contributed by atoms with E-state index in [-0.39, 0.29) is 5.91 Å². The van der Waals surface area contributed by atoms with Crippen molar-refractivity contribution in [2.45, 2.75) is 19.6 Å². The molecular formula is C10H12BrNO2. The van der Waals surface area contributed by atoms with Crippen LogP contribution in [0.4, 0.5) is 0 Å². The Morgan fingerprint density at radius 3 is 2.93 bits per heavy atom. The van der Waals surface area contributed by atoms with Gasteiger partial charge in [-0.05, 0) is 24.6 Å². The number of aliphatic hydroxyl groups excluding tert-OH is 1. The van der Waals surface area contributed by atoms with E-state index in [0.717, 1.165) is 10.0 Å². The summed E-state index contributed by atoms with van der Waals surface area (Å²) in [5, 5.41) is 11.5. The lowest BCUT2D eigenvalue weighted by molar-refractivity contribution is -0.128. The fourth-order valence-corrected chi connectivity index (χ4v) is 1.43. The van der Waals surface area contributed by atoms with Crippen molar-refractivity contribution >= 4 is 21.8 Å². The van der Waals surface area contributed by atoms with Crippen LogP contribution in [-0.4, -0.2) is 17.1 Å². The summed E-state index contributed by atoms with van der Waals surface area (Å²) < 4.78 is 0.973. The summed E-state index contributed by atoms with van der Waals surface area (Å²) in [6.45, 7) is 1.87. The second-order valence-corrected chi connectivity index (χ2v) is 3.94. The molecule has 1 amide bonds. The monoisotopic (exact) mass is 257 g/mol. The topological polar surface area (TPSA) is 49.3 Å². The van der Waals surface area contributed by atoms with Crippen molar-refractivity contribution in [1.82, 2.24) is 5.32 Å². The Kier molecular flexibility index (Phi) is 4.10. The molecule has 1 atom stereocenters. The molecule has 0 aliphatic heterocycles. The molecule has 0 unspecified atom stereocenters. The van der Waals surface area contributed by atoms with Gasteiger partial charge in [0.2, 0.25) is 5.91 Å². The second-order valence-electron chi connectivity index (χ2n) is 3.02. The van der Waals surface area contributed by atoms with Gasteiger partial charge in [0.05, 0.1) is 0 Å². The third-order valence-corrected chi connectivity index (χ3v) is 2.23. The maximum Gasteiger partial charge on any atom is 0.248 e. The number of rotatable bonds is 3. The van der Waals surface area contributed by atoms with Crippen molar-refractivity contribution in [3.63, 3.8) is 0 Å². The maximum absolute atomic E-state index is 11.0. The molecule has 0 aromatic heterocycles. The second kappa shape index (κ2) is 5.12. The van der Waals surface area contributed by atoms with E-state index < -0.39 is 6.10 Å². The van der Waals surface area contributed by atoms with Gasteiger partial charge in [-0.25, -0.2) is 0 Å². The summed E-state index contributed by atoms with van der Waals surface area (Å²) in [7, 11) is 0. The van der Waals surface area contributed by atoms with E-state index >= 15 is 0 Å². The summed E-state index contributed by atoms with van der Waals surface area (Å²) in [5.41, 5.74) is 0.994. The minimum Gasteiger partial charge on any atom is -0.384 e. The molecule has 14 heavy (non-hydrogen) atoms. The molecule has 0 saturated heterocycles. The van der Waals surface area contributed by atoms with E-state index in [1.165, 1.54) is 6.92 Å². The van der Waals surface area contributed by atoms with Crippen molar-refractivity contribution in [2.75, 3.05) is 0 Å². The smallest absolute Gasteiger partial charge is 0.248 e. The number of benzene rings is 1. The quantitative estimate of drug-likeness (QED) is 0.862. The Morgan fingerprint density at radius 2 is 2.36 bits per heavy atom.